The van der Waals surface area contributed by atoms with Crippen LogP contribution in [0.2, 0.25) is 0 Å². The van der Waals surface area contributed by atoms with Crippen LogP contribution in [-0.2, 0) is 4.74 Å². The Hall–Kier alpha value is -1.41. The van der Waals surface area contributed by atoms with Gasteiger partial charge in [0.15, 0.2) is 0 Å². The Morgan fingerprint density at radius 2 is 1.89 bits per heavy atom. The first-order chi connectivity index (χ1) is 8.91. The lowest BCUT2D eigenvalue weighted by Crippen LogP contribution is -2.58. The first kappa shape index (κ1) is 14.0. The summed E-state index contributed by atoms with van der Waals surface area (Å²) >= 11 is 0. The van der Waals surface area contributed by atoms with Gasteiger partial charge >= 0.3 is 0 Å². The van der Waals surface area contributed by atoms with E-state index in [4.69, 9.17) is 13.9 Å². The van der Waals surface area contributed by atoms with Gasteiger partial charge in [-0.05, 0) is 13.8 Å². The summed E-state index contributed by atoms with van der Waals surface area (Å²) in [6.07, 6.45) is -4.86. The summed E-state index contributed by atoms with van der Waals surface area (Å²) in [6, 6.07) is 1.17. The topological polar surface area (TPSA) is 109 Å². The molecular weight excluding hydrogens is 256 g/mol. The van der Waals surface area contributed by atoms with E-state index in [0.29, 0.717) is 0 Å². The summed E-state index contributed by atoms with van der Waals surface area (Å²) in [5.41, 5.74) is -0.423. The van der Waals surface area contributed by atoms with E-state index in [2.05, 4.69) is 0 Å². The van der Waals surface area contributed by atoms with Gasteiger partial charge in [0.2, 0.25) is 17.5 Å². The summed E-state index contributed by atoms with van der Waals surface area (Å²) < 4.78 is 15.5. The molecule has 0 radical (unpaired) electrons. The normalized spacial score (nSPS) is 35.1. The van der Waals surface area contributed by atoms with Crippen molar-refractivity contribution in [2.45, 2.75) is 44.6 Å². The summed E-state index contributed by atoms with van der Waals surface area (Å²) in [5.74, 6) is 0.138. The van der Waals surface area contributed by atoms with E-state index in [1.807, 2.05) is 0 Å². The summed E-state index contributed by atoms with van der Waals surface area (Å²) in [5, 5.41) is 29.0. The number of ether oxygens (including phenoxy) is 2. The summed E-state index contributed by atoms with van der Waals surface area (Å²) in [4.78, 5) is 11.6. The number of aliphatic hydroxyl groups is 3. The Balaban J connectivity index is 2.21. The van der Waals surface area contributed by atoms with Crippen LogP contribution in [0, 0.1) is 6.92 Å². The molecule has 0 amide bonds. The molecule has 1 aromatic heterocycles. The Labute approximate surface area is 109 Å². The van der Waals surface area contributed by atoms with Crippen LogP contribution in [0.25, 0.3) is 0 Å². The molecule has 0 spiro atoms. The third-order valence-electron chi connectivity index (χ3n) is 3.05. The monoisotopic (exact) mass is 272 g/mol. The Morgan fingerprint density at radius 3 is 2.53 bits per heavy atom. The summed E-state index contributed by atoms with van der Waals surface area (Å²) in [7, 11) is 0. The van der Waals surface area contributed by atoms with Crippen LogP contribution in [0.5, 0.6) is 5.75 Å². The molecule has 3 N–H and O–H groups in total. The van der Waals surface area contributed by atoms with E-state index in [-0.39, 0.29) is 11.5 Å². The molecule has 0 aliphatic carbocycles. The molecule has 0 aromatic carbocycles. The molecule has 5 atom stereocenters. The molecule has 1 aliphatic heterocycles. The van der Waals surface area contributed by atoms with Crippen LogP contribution in [0.3, 0.4) is 0 Å². The standard InChI is InChI=1S/C12H16O7/c1-5-8(14)9(15)10(16)12(18-5)19-11-6(2)17-4-3-7(11)13/h3-5,8-10,12,14-16H,1-2H3. The smallest absolute Gasteiger partial charge is 0.229 e. The van der Waals surface area contributed by atoms with Crippen molar-refractivity contribution in [1.82, 2.24) is 0 Å². The second-order valence-corrected chi connectivity index (χ2v) is 4.47. The average molecular weight is 272 g/mol. The first-order valence-corrected chi connectivity index (χ1v) is 5.86. The van der Waals surface area contributed by atoms with Gasteiger partial charge < -0.3 is 29.2 Å². The number of aliphatic hydroxyl groups excluding tert-OH is 3. The molecule has 7 nitrogen and oxygen atoms in total. The highest BCUT2D eigenvalue weighted by Crippen LogP contribution is 2.23. The van der Waals surface area contributed by atoms with Gasteiger partial charge in [0, 0.05) is 6.07 Å². The first-order valence-electron chi connectivity index (χ1n) is 5.86. The highest BCUT2D eigenvalue weighted by Gasteiger charge is 2.43. The zero-order chi connectivity index (χ0) is 14.2. The van der Waals surface area contributed by atoms with Gasteiger partial charge in [-0.3, -0.25) is 4.79 Å². The van der Waals surface area contributed by atoms with E-state index in [9.17, 15) is 20.1 Å². The fourth-order valence-corrected chi connectivity index (χ4v) is 1.87. The van der Waals surface area contributed by atoms with Crippen LogP contribution >= 0.6 is 0 Å². The molecule has 1 saturated heterocycles. The number of hydrogen-bond acceptors (Lipinski definition) is 7. The second-order valence-electron chi connectivity index (χ2n) is 4.47. The fourth-order valence-electron chi connectivity index (χ4n) is 1.87. The number of aryl methyl sites for hydroxylation is 1. The average Bonchev–Trinajstić information content (AvgIpc) is 2.37. The van der Waals surface area contributed by atoms with Gasteiger partial charge in [0.05, 0.1) is 12.4 Å². The third kappa shape index (κ3) is 2.64. The van der Waals surface area contributed by atoms with Gasteiger partial charge in [0.25, 0.3) is 0 Å². The van der Waals surface area contributed by atoms with Gasteiger partial charge in [-0.2, -0.15) is 0 Å². The van der Waals surface area contributed by atoms with Crippen molar-refractivity contribution in [3.05, 3.63) is 28.3 Å². The molecule has 2 heterocycles. The van der Waals surface area contributed by atoms with Crippen molar-refractivity contribution < 1.29 is 29.2 Å². The highest BCUT2D eigenvalue weighted by atomic mass is 16.7. The molecule has 1 fully saturated rings. The molecule has 2 rings (SSSR count). The van der Waals surface area contributed by atoms with E-state index in [1.54, 1.807) is 0 Å². The molecular formula is C12H16O7. The summed E-state index contributed by atoms with van der Waals surface area (Å²) in [6.45, 7) is 3.05. The van der Waals surface area contributed by atoms with Crippen LogP contribution in [0.4, 0.5) is 0 Å². The van der Waals surface area contributed by atoms with Crippen molar-refractivity contribution in [3.63, 3.8) is 0 Å². The lowest BCUT2D eigenvalue weighted by atomic mass is 10.00. The number of rotatable bonds is 2. The zero-order valence-corrected chi connectivity index (χ0v) is 10.5. The molecule has 1 aromatic rings. The maximum absolute atomic E-state index is 11.6. The van der Waals surface area contributed by atoms with E-state index in [0.717, 1.165) is 0 Å². The molecule has 0 saturated carbocycles. The Kier molecular flexibility index (Phi) is 3.91. The zero-order valence-electron chi connectivity index (χ0n) is 10.5. The maximum Gasteiger partial charge on any atom is 0.229 e. The van der Waals surface area contributed by atoms with Crippen LogP contribution in [0.1, 0.15) is 12.7 Å². The molecule has 5 unspecified atom stereocenters. The van der Waals surface area contributed by atoms with Crippen LogP contribution < -0.4 is 10.2 Å². The second kappa shape index (κ2) is 5.30. The van der Waals surface area contributed by atoms with Crippen LogP contribution in [0.15, 0.2) is 21.5 Å². The van der Waals surface area contributed by atoms with Gasteiger partial charge in [-0.15, -0.1) is 0 Å². The predicted octanol–water partition coefficient (Wildman–Crippen LogP) is -0.845. The van der Waals surface area contributed by atoms with Crippen molar-refractivity contribution >= 4 is 0 Å². The molecule has 106 valence electrons. The molecule has 19 heavy (non-hydrogen) atoms. The van der Waals surface area contributed by atoms with Crippen molar-refractivity contribution in [3.8, 4) is 5.75 Å². The number of hydrogen-bond donors (Lipinski definition) is 3. The molecule has 1 aliphatic rings. The van der Waals surface area contributed by atoms with Crippen molar-refractivity contribution in [2.75, 3.05) is 0 Å². The quantitative estimate of drug-likeness (QED) is 0.643. The van der Waals surface area contributed by atoms with Gasteiger partial charge in [0.1, 0.15) is 24.1 Å². The van der Waals surface area contributed by atoms with Crippen molar-refractivity contribution in [1.29, 1.82) is 0 Å². The van der Waals surface area contributed by atoms with E-state index < -0.39 is 36.1 Å². The SMILES string of the molecule is Cc1occc(=O)c1OC1OC(C)C(O)C(O)C1O. The predicted molar refractivity (Wildman–Crippen MR) is 62.7 cm³/mol. The Bertz CT molecular complexity index is 497. The van der Waals surface area contributed by atoms with E-state index in [1.165, 1.54) is 26.2 Å². The van der Waals surface area contributed by atoms with Crippen LogP contribution in [-0.4, -0.2) is 46.0 Å². The largest absolute Gasteiger partial charge is 0.465 e. The maximum atomic E-state index is 11.6. The lowest BCUT2D eigenvalue weighted by molar-refractivity contribution is -0.268. The minimum Gasteiger partial charge on any atom is -0.465 e. The van der Waals surface area contributed by atoms with Gasteiger partial charge in [-0.25, -0.2) is 0 Å². The third-order valence-corrected chi connectivity index (χ3v) is 3.05. The minimum atomic E-state index is -1.47. The van der Waals surface area contributed by atoms with Crippen molar-refractivity contribution in [2.24, 2.45) is 0 Å². The fraction of sp³-hybridized carbons (Fsp3) is 0.583. The highest BCUT2D eigenvalue weighted by molar-refractivity contribution is 5.23. The Morgan fingerprint density at radius 1 is 1.21 bits per heavy atom. The van der Waals surface area contributed by atoms with Gasteiger partial charge in [-0.1, -0.05) is 0 Å². The van der Waals surface area contributed by atoms with E-state index >= 15 is 0 Å². The lowest BCUT2D eigenvalue weighted by Gasteiger charge is -2.38. The molecule has 7 heteroatoms. The minimum absolute atomic E-state index is 0.0951. The molecule has 0 bridgehead atoms.